The van der Waals surface area contributed by atoms with Crippen molar-refractivity contribution in [1.29, 1.82) is 0 Å². The van der Waals surface area contributed by atoms with Crippen molar-refractivity contribution in [3.8, 4) is 0 Å². The highest BCUT2D eigenvalue weighted by Crippen LogP contribution is 1.97. The number of halogens is 1. The normalized spacial score (nSPS) is 10.2. The highest BCUT2D eigenvalue weighted by atomic mass is 79.9. The maximum absolute atomic E-state index is 3.42. The van der Waals surface area contributed by atoms with Crippen LogP contribution in [0.5, 0.6) is 0 Å². The highest BCUT2D eigenvalue weighted by molar-refractivity contribution is 9.09. The number of benzene rings is 1. The molecule has 13 heavy (non-hydrogen) atoms. The molecule has 1 N–H and O–H groups in total. The van der Waals surface area contributed by atoms with Gasteiger partial charge in [0.05, 0.1) is 0 Å². The fourth-order valence-electron chi connectivity index (χ4n) is 1.17. The Morgan fingerprint density at radius 1 is 1.08 bits per heavy atom. The van der Waals surface area contributed by atoms with Crippen molar-refractivity contribution in [3.05, 3.63) is 35.9 Å². The van der Waals surface area contributed by atoms with Crippen molar-refractivity contribution in [2.24, 2.45) is 0 Å². The molecule has 0 unspecified atom stereocenters. The van der Waals surface area contributed by atoms with E-state index < -0.39 is 0 Å². The Kier molecular flexibility index (Phi) is 5.87. The lowest BCUT2D eigenvalue weighted by Crippen LogP contribution is -2.14. The summed E-state index contributed by atoms with van der Waals surface area (Å²) < 4.78 is 0. The lowest BCUT2D eigenvalue weighted by Gasteiger charge is -2.03. The molecule has 1 nitrogen and oxygen atoms in total. The second-order valence-electron chi connectivity index (χ2n) is 3.06. The first-order valence-corrected chi connectivity index (χ1v) is 5.86. The van der Waals surface area contributed by atoms with E-state index >= 15 is 0 Å². The van der Waals surface area contributed by atoms with Crippen LogP contribution in [0.1, 0.15) is 18.4 Å². The molecule has 0 aliphatic carbocycles. The van der Waals surface area contributed by atoms with Crippen LogP contribution in [-0.2, 0) is 6.54 Å². The Morgan fingerprint density at radius 2 is 1.85 bits per heavy atom. The Morgan fingerprint density at radius 3 is 2.54 bits per heavy atom. The quantitative estimate of drug-likeness (QED) is 0.597. The van der Waals surface area contributed by atoms with Gasteiger partial charge >= 0.3 is 0 Å². The first-order chi connectivity index (χ1) is 6.43. The number of nitrogens with one attached hydrogen (secondary N) is 1. The van der Waals surface area contributed by atoms with Crippen LogP contribution in [-0.4, -0.2) is 11.9 Å². The fraction of sp³-hybridized carbons (Fsp3) is 0.455. The zero-order valence-electron chi connectivity index (χ0n) is 7.80. The maximum Gasteiger partial charge on any atom is 0.0205 e. The van der Waals surface area contributed by atoms with Gasteiger partial charge in [-0.15, -0.1) is 0 Å². The van der Waals surface area contributed by atoms with E-state index in [0.29, 0.717) is 0 Å². The van der Waals surface area contributed by atoms with E-state index in [2.05, 4.69) is 45.5 Å². The smallest absolute Gasteiger partial charge is 0.0205 e. The Bertz CT molecular complexity index is 211. The van der Waals surface area contributed by atoms with Gasteiger partial charge in [-0.25, -0.2) is 0 Å². The summed E-state index contributed by atoms with van der Waals surface area (Å²) in [5, 5.41) is 4.53. The van der Waals surface area contributed by atoms with Gasteiger partial charge < -0.3 is 5.32 Å². The molecule has 0 aromatic heterocycles. The first-order valence-electron chi connectivity index (χ1n) is 4.74. The van der Waals surface area contributed by atoms with E-state index in [0.717, 1.165) is 18.4 Å². The van der Waals surface area contributed by atoms with Crippen LogP contribution >= 0.6 is 15.9 Å². The summed E-state index contributed by atoms with van der Waals surface area (Å²) in [5.74, 6) is 0. The molecule has 0 amide bonds. The van der Waals surface area contributed by atoms with Crippen LogP contribution in [0.4, 0.5) is 0 Å². The first kappa shape index (κ1) is 10.7. The molecule has 0 aliphatic heterocycles. The summed E-state index contributed by atoms with van der Waals surface area (Å²) in [4.78, 5) is 0. The summed E-state index contributed by atoms with van der Waals surface area (Å²) in [6, 6.07) is 10.5. The van der Waals surface area contributed by atoms with E-state index in [1.165, 1.54) is 18.4 Å². The third kappa shape index (κ3) is 5.06. The molecule has 0 atom stereocenters. The molecule has 0 radical (unpaired) electrons. The van der Waals surface area contributed by atoms with Crippen LogP contribution in [0.25, 0.3) is 0 Å². The zero-order valence-corrected chi connectivity index (χ0v) is 9.39. The van der Waals surface area contributed by atoms with E-state index in [4.69, 9.17) is 0 Å². The predicted molar refractivity (Wildman–Crippen MR) is 61.2 cm³/mol. The molecule has 1 aromatic rings. The van der Waals surface area contributed by atoms with Gasteiger partial charge in [-0.05, 0) is 24.9 Å². The molecular weight excluding hydrogens is 226 g/mol. The maximum atomic E-state index is 3.42. The van der Waals surface area contributed by atoms with Gasteiger partial charge in [0.1, 0.15) is 0 Å². The molecule has 0 heterocycles. The third-order valence-electron chi connectivity index (χ3n) is 1.91. The highest BCUT2D eigenvalue weighted by Gasteiger charge is 1.90. The van der Waals surface area contributed by atoms with Gasteiger partial charge in [-0.3, -0.25) is 0 Å². The number of rotatable bonds is 6. The molecule has 1 aromatic carbocycles. The largest absolute Gasteiger partial charge is 0.313 e. The topological polar surface area (TPSA) is 12.0 Å². The van der Waals surface area contributed by atoms with Gasteiger partial charge in [0.25, 0.3) is 0 Å². The Balaban J connectivity index is 2.07. The standard InChI is InChI=1S/C11H16BrN/c12-8-4-5-9-13-10-11-6-2-1-3-7-11/h1-3,6-7,13H,4-5,8-10H2. The van der Waals surface area contributed by atoms with Gasteiger partial charge in [-0.2, -0.15) is 0 Å². The molecule has 72 valence electrons. The van der Waals surface area contributed by atoms with Crippen LogP contribution in [0.3, 0.4) is 0 Å². The number of alkyl halides is 1. The molecule has 0 spiro atoms. The Hall–Kier alpha value is -0.340. The summed E-state index contributed by atoms with van der Waals surface area (Å²) >= 11 is 3.42. The number of unbranched alkanes of at least 4 members (excludes halogenated alkanes) is 1. The van der Waals surface area contributed by atoms with Crippen LogP contribution < -0.4 is 5.32 Å². The van der Waals surface area contributed by atoms with Crippen LogP contribution in [0.2, 0.25) is 0 Å². The van der Waals surface area contributed by atoms with Crippen LogP contribution in [0.15, 0.2) is 30.3 Å². The molecule has 0 bridgehead atoms. The summed E-state index contributed by atoms with van der Waals surface area (Å²) in [7, 11) is 0. The Labute approximate surface area is 88.7 Å². The van der Waals surface area contributed by atoms with Crippen molar-refractivity contribution in [3.63, 3.8) is 0 Å². The molecule has 0 saturated carbocycles. The van der Waals surface area contributed by atoms with E-state index in [9.17, 15) is 0 Å². The average molecular weight is 242 g/mol. The summed E-state index contributed by atoms with van der Waals surface area (Å²) in [6.07, 6.45) is 2.50. The summed E-state index contributed by atoms with van der Waals surface area (Å²) in [5.41, 5.74) is 1.36. The van der Waals surface area contributed by atoms with Crippen molar-refractivity contribution in [2.75, 3.05) is 11.9 Å². The van der Waals surface area contributed by atoms with E-state index in [-0.39, 0.29) is 0 Å². The van der Waals surface area contributed by atoms with Gasteiger partial charge in [0, 0.05) is 11.9 Å². The van der Waals surface area contributed by atoms with Crippen molar-refractivity contribution < 1.29 is 0 Å². The van der Waals surface area contributed by atoms with Gasteiger partial charge in [-0.1, -0.05) is 46.3 Å². The number of hydrogen-bond acceptors (Lipinski definition) is 1. The lowest BCUT2D eigenvalue weighted by molar-refractivity contribution is 0.645. The second-order valence-corrected chi connectivity index (χ2v) is 3.85. The molecule has 0 saturated heterocycles. The van der Waals surface area contributed by atoms with E-state index in [1.54, 1.807) is 0 Å². The number of hydrogen-bond donors (Lipinski definition) is 1. The minimum absolute atomic E-state index is 0.989. The molecular formula is C11H16BrN. The van der Waals surface area contributed by atoms with Crippen molar-refractivity contribution in [2.45, 2.75) is 19.4 Å². The second kappa shape index (κ2) is 7.10. The molecule has 2 heteroatoms. The lowest BCUT2D eigenvalue weighted by atomic mass is 10.2. The fourth-order valence-corrected chi connectivity index (χ4v) is 1.57. The predicted octanol–water partition coefficient (Wildman–Crippen LogP) is 2.95. The minimum Gasteiger partial charge on any atom is -0.313 e. The van der Waals surface area contributed by atoms with Gasteiger partial charge in [0.15, 0.2) is 0 Å². The zero-order chi connectivity index (χ0) is 9.36. The van der Waals surface area contributed by atoms with Gasteiger partial charge in [0.2, 0.25) is 0 Å². The molecule has 1 rings (SSSR count). The minimum atomic E-state index is 0.989. The average Bonchev–Trinajstić information content (AvgIpc) is 2.19. The van der Waals surface area contributed by atoms with Crippen molar-refractivity contribution >= 4 is 15.9 Å². The third-order valence-corrected chi connectivity index (χ3v) is 2.47. The van der Waals surface area contributed by atoms with Crippen molar-refractivity contribution in [1.82, 2.24) is 5.32 Å². The van der Waals surface area contributed by atoms with E-state index in [1.807, 2.05) is 6.07 Å². The molecule has 0 aliphatic rings. The molecule has 0 fully saturated rings. The summed E-state index contributed by atoms with van der Waals surface area (Å²) in [6.45, 7) is 2.10. The van der Waals surface area contributed by atoms with Crippen LogP contribution in [0, 0.1) is 0 Å². The monoisotopic (exact) mass is 241 g/mol. The SMILES string of the molecule is BrCCCCNCc1ccccc1.